The summed E-state index contributed by atoms with van der Waals surface area (Å²) in [7, 11) is 0. The van der Waals surface area contributed by atoms with Crippen LogP contribution in [0.15, 0.2) is 0 Å². The van der Waals surface area contributed by atoms with Crippen LogP contribution < -0.4 is 5.32 Å². The second-order valence-corrected chi connectivity index (χ2v) is 6.54. The number of carbonyl (C=O) groups is 1. The normalized spacial score (nSPS) is 25.2. The van der Waals surface area contributed by atoms with E-state index in [2.05, 4.69) is 12.2 Å². The molecule has 1 amide bonds. The number of piperidine rings is 1. The maximum atomic E-state index is 12.4. The molecule has 0 radical (unpaired) electrons. The van der Waals surface area contributed by atoms with Crippen LogP contribution in [0.2, 0.25) is 0 Å². The Balaban J connectivity index is 1.65. The summed E-state index contributed by atoms with van der Waals surface area (Å²) in [6.45, 7) is 9.20. The van der Waals surface area contributed by atoms with Crippen molar-refractivity contribution in [1.82, 2.24) is 10.2 Å². The Hall–Kier alpha value is -0.650. The Kier molecular flexibility index (Phi) is 7.63. The second kappa shape index (κ2) is 9.48. The van der Waals surface area contributed by atoms with Gasteiger partial charge in [-0.1, -0.05) is 6.92 Å². The van der Waals surface area contributed by atoms with Gasteiger partial charge in [-0.25, -0.2) is 0 Å². The highest BCUT2D eigenvalue weighted by atomic mass is 16.5. The van der Waals surface area contributed by atoms with Crippen molar-refractivity contribution in [3.8, 4) is 0 Å². The van der Waals surface area contributed by atoms with E-state index in [4.69, 9.17) is 9.47 Å². The summed E-state index contributed by atoms with van der Waals surface area (Å²) in [4.78, 5) is 14.4. The number of likely N-dealkylation sites (tertiary alicyclic amines) is 1. The van der Waals surface area contributed by atoms with Crippen LogP contribution in [-0.2, 0) is 14.3 Å². The fourth-order valence-electron chi connectivity index (χ4n) is 3.22. The van der Waals surface area contributed by atoms with Gasteiger partial charge in [-0.3, -0.25) is 4.79 Å². The minimum atomic E-state index is -0.351. The molecule has 2 aliphatic rings. The van der Waals surface area contributed by atoms with E-state index in [1.807, 2.05) is 11.8 Å². The van der Waals surface area contributed by atoms with Crippen molar-refractivity contribution < 1.29 is 14.3 Å². The third kappa shape index (κ3) is 5.52. The smallest absolute Gasteiger partial charge is 0.251 e. The minimum Gasteiger partial charge on any atom is -0.376 e. The summed E-state index contributed by atoms with van der Waals surface area (Å²) in [5.74, 6) is 0.841. The number of hydrogen-bond acceptors (Lipinski definition) is 4. The zero-order chi connectivity index (χ0) is 15.8. The molecule has 0 aromatic carbocycles. The zero-order valence-corrected chi connectivity index (χ0v) is 14.2. The third-order valence-corrected chi connectivity index (χ3v) is 4.76. The van der Waals surface area contributed by atoms with Crippen LogP contribution in [0, 0.1) is 5.92 Å². The lowest BCUT2D eigenvalue weighted by atomic mass is 9.96. The molecule has 2 unspecified atom stereocenters. The first kappa shape index (κ1) is 17.7. The van der Waals surface area contributed by atoms with Gasteiger partial charge in [-0.2, -0.15) is 0 Å². The molecule has 1 N–H and O–H groups in total. The van der Waals surface area contributed by atoms with Crippen molar-refractivity contribution in [3.05, 3.63) is 0 Å². The molecule has 0 spiro atoms. The van der Waals surface area contributed by atoms with Crippen molar-refractivity contribution in [2.24, 2.45) is 5.92 Å². The van der Waals surface area contributed by atoms with Gasteiger partial charge >= 0.3 is 0 Å². The van der Waals surface area contributed by atoms with E-state index in [0.29, 0.717) is 12.5 Å². The van der Waals surface area contributed by atoms with Gasteiger partial charge in [0.15, 0.2) is 0 Å². The third-order valence-electron chi connectivity index (χ3n) is 4.76. The maximum absolute atomic E-state index is 12.4. The number of amides is 1. The summed E-state index contributed by atoms with van der Waals surface area (Å²) in [5.41, 5.74) is 0. The number of nitrogens with one attached hydrogen (secondary N) is 1. The predicted octanol–water partition coefficient (Wildman–Crippen LogP) is 1.81. The molecule has 2 heterocycles. The van der Waals surface area contributed by atoms with Crippen LogP contribution in [0.1, 0.15) is 46.0 Å². The zero-order valence-electron chi connectivity index (χ0n) is 14.2. The van der Waals surface area contributed by atoms with Crippen LogP contribution in [0.4, 0.5) is 0 Å². The SMILES string of the molecule is CCNCC1CCN(C(=O)C(C)OCC2CCCCO2)CC1. The van der Waals surface area contributed by atoms with Gasteiger partial charge < -0.3 is 19.7 Å². The molecule has 0 bridgehead atoms. The standard InChI is InChI=1S/C17H32N2O3/c1-3-18-12-15-7-9-19(10-8-15)17(20)14(2)22-13-16-6-4-5-11-21-16/h14-16,18H,3-13H2,1-2H3. The van der Waals surface area contributed by atoms with Gasteiger partial charge in [-0.05, 0) is 58.0 Å². The molecular weight excluding hydrogens is 280 g/mol. The molecule has 128 valence electrons. The molecule has 2 saturated heterocycles. The van der Waals surface area contributed by atoms with Gasteiger partial charge in [0.05, 0.1) is 12.7 Å². The van der Waals surface area contributed by atoms with E-state index < -0.39 is 0 Å². The summed E-state index contributed by atoms with van der Waals surface area (Å²) < 4.78 is 11.4. The first-order chi connectivity index (χ1) is 10.7. The van der Waals surface area contributed by atoms with E-state index in [1.165, 1.54) is 6.42 Å². The number of hydrogen-bond donors (Lipinski definition) is 1. The average Bonchev–Trinajstić information content (AvgIpc) is 2.58. The monoisotopic (exact) mass is 312 g/mol. The Morgan fingerprint density at radius 1 is 1.32 bits per heavy atom. The maximum Gasteiger partial charge on any atom is 0.251 e. The molecule has 22 heavy (non-hydrogen) atoms. The summed E-state index contributed by atoms with van der Waals surface area (Å²) in [5, 5.41) is 3.40. The van der Waals surface area contributed by atoms with E-state index >= 15 is 0 Å². The van der Waals surface area contributed by atoms with Crippen LogP contribution in [0.25, 0.3) is 0 Å². The van der Waals surface area contributed by atoms with E-state index in [0.717, 1.165) is 58.5 Å². The van der Waals surface area contributed by atoms with Crippen molar-refractivity contribution in [2.45, 2.75) is 58.2 Å². The van der Waals surface area contributed by atoms with Crippen LogP contribution >= 0.6 is 0 Å². The van der Waals surface area contributed by atoms with Crippen molar-refractivity contribution in [3.63, 3.8) is 0 Å². The Labute approximate surface area is 134 Å². The molecule has 5 nitrogen and oxygen atoms in total. The number of carbonyl (C=O) groups excluding carboxylic acids is 1. The molecule has 2 aliphatic heterocycles. The molecule has 5 heteroatoms. The van der Waals surface area contributed by atoms with Gasteiger partial charge in [0.1, 0.15) is 6.10 Å². The summed E-state index contributed by atoms with van der Waals surface area (Å²) >= 11 is 0. The largest absolute Gasteiger partial charge is 0.376 e. The minimum absolute atomic E-state index is 0.137. The lowest BCUT2D eigenvalue weighted by molar-refractivity contribution is -0.147. The average molecular weight is 312 g/mol. The van der Waals surface area contributed by atoms with Crippen LogP contribution in [0.3, 0.4) is 0 Å². The summed E-state index contributed by atoms with van der Waals surface area (Å²) in [6.07, 6.45) is 5.42. The quantitative estimate of drug-likeness (QED) is 0.779. The van der Waals surface area contributed by atoms with Crippen molar-refractivity contribution in [2.75, 3.05) is 39.4 Å². The van der Waals surface area contributed by atoms with Crippen LogP contribution in [0.5, 0.6) is 0 Å². The molecule has 0 aromatic heterocycles. The first-order valence-corrected chi connectivity index (χ1v) is 8.93. The molecule has 0 aromatic rings. The molecule has 0 saturated carbocycles. The van der Waals surface area contributed by atoms with Gasteiger partial charge in [0, 0.05) is 19.7 Å². The second-order valence-electron chi connectivity index (χ2n) is 6.54. The summed E-state index contributed by atoms with van der Waals surface area (Å²) in [6, 6.07) is 0. The number of nitrogens with zero attached hydrogens (tertiary/aromatic N) is 1. The first-order valence-electron chi connectivity index (χ1n) is 8.93. The van der Waals surface area contributed by atoms with E-state index in [1.54, 1.807) is 0 Å². The highest BCUT2D eigenvalue weighted by Crippen LogP contribution is 2.18. The fourth-order valence-corrected chi connectivity index (χ4v) is 3.22. The Morgan fingerprint density at radius 3 is 2.73 bits per heavy atom. The Bertz CT molecular complexity index is 324. The van der Waals surface area contributed by atoms with Crippen LogP contribution in [-0.4, -0.2) is 62.4 Å². The van der Waals surface area contributed by atoms with E-state index in [9.17, 15) is 4.79 Å². The lowest BCUT2D eigenvalue weighted by Gasteiger charge is -2.34. The topological polar surface area (TPSA) is 50.8 Å². The highest BCUT2D eigenvalue weighted by Gasteiger charge is 2.27. The molecular formula is C17H32N2O3. The lowest BCUT2D eigenvalue weighted by Crippen LogP contribution is -2.45. The molecule has 2 fully saturated rings. The Morgan fingerprint density at radius 2 is 2.09 bits per heavy atom. The molecule has 2 atom stereocenters. The van der Waals surface area contributed by atoms with Gasteiger partial charge in [0.25, 0.3) is 5.91 Å². The molecule has 0 aliphatic carbocycles. The molecule has 2 rings (SSSR count). The number of rotatable bonds is 7. The van der Waals surface area contributed by atoms with Gasteiger partial charge in [-0.15, -0.1) is 0 Å². The van der Waals surface area contributed by atoms with E-state index in [-0.39, 0.29) is 18.1 Å². The highest BCUT2D eigenvalue weighted by molar-refractivity contribution is 5.80. The van der Waals surface area contributed by atoms with Crippen molar-refractivity contribution in [1.29, 1.82) is 0 Å². The fraction of sp³-hybridized carbons (Fsp3) is 0.941. The predicted molar refractivity (Wildman–Crippen MR) is 86.9 cm³/mol. The number of ether oxygens (including phenoxy) is 2. The van der Waals surface area contributed by atoms with Gasteiger partial charge in [0.2, 0.25) is 0 Å². The van der Waals surface area contributed by atoms with Crippen molar-refractivity contribution >= 4 is 5.91 Å².